The van der Waals surface area contributed by atoms with Gasteiger partial charge < -0.3 is 10.1 Å². The number of carbonyl (C=O) groups excluding carboxylic acids is 1. The Hall–Kier alpha value is -2.86. The van der Waals surface area contributed by atoms with Crippen LogP contribution in [0.2, 0.25) is 0 Å². The number of halogens is 8. The standard InChI is InChI=1S/C16H13F8N3O2/c1-27-7-8(12(26-27)13(17)18)6-11(28)25-9-4-2-3-5-10(9)29-16(23,24)14(19)15(20,21)22/h2-5,7,13-14H,6H2,1H3,(H,25,28). The van der Waals surface area contributed by atoms with Gasteiger partial charge in [-0.15, -0.1) is 0 Å². The number of rotatable bonds is 7. The van der Waals surface area contributed by atoms with Crippen molar-refractivity contribution in [1.82, 2.24) is 9.78 Å². The summed E-state index contributed by atoms with van der Waals surface area (Å²) < 4.78 is 107. The van der Waals surface area contributed by atoms with E-state index in [9.17, 15) is 39.9 Å². The zero-order chi connectivity index (χ0) is 22.0. The lowest BCUT2D eigenvalue weighted by Gasteiger charge is -2.24. The number of hydrogen-bond acceptors (Lipinski definition) is 3. The summed E-state index contributed by atoms with van der Waals surface area (Å²) >= 11 is 0. The molecule has 0 fully saturated rings. The van der Waals surface area contributed by atoms with Gasteiger partial charge in [-0.25, -0.2) is 13.2 Å². The molecule has 0 aliphatic carbocycles. The van der Waals surface area contributed by atoms with E-state index in [2.05, 4.69) is 15.2 Å². The molecule has 2 aromatic rings. The molecule has 2 rings (SSSR count). The van der Waals surface area contributed by atoms with Gasteiger partial charge in [-0.1, -0.05) is 12.1 Å². The number of nitrogens with zero attached hydrogens (tertiary/aromatic N) is 2. The SMILES string of the molecule is Cn1cc(CC(=O)Nc2ccccc2OC(F)(F)C(F)C(F)(F)F)c(C(F)F)n1. The molecular weight excluding hydrogens is 418 g/mol. The highest BCUT2D eigenvalue weighted by Gasteiger charge is 2.59. The van der Waals surface area contributed by atoms with E-state index in [1.165, 1.54) is 13.1 Å². The lowest BCUT2D eigenvalue weighted by molar-refractivity contribution is -0.304. The first-order valence-electron chi connectivity index (χ1n) is 7.78. The fourth-order valence-corrected chi connectivity index (χ4v) is 2.29. The number of amides is 1. The van der Waals surface area contributed by atoms with Crippen LogP contribution >= 0.6 is 0 Å². The molecular formula is C16H13F8N3O2. The smallest absolute Gasteiger partial charge is 0.428 e. The third-order valence-corrected chi connectivity index (χ3v) is 3.48. The van der Waals surface area contributed by atoms with Crippen molar-refractivity contribution in [2.45, 2.75) is 31.3 Å². The van der Waals surface area contributed by atoms with Crippen LogP contribution in [-0.4, -0.2) is 34.1 Å². The van der Waals surface area contributed by atoms with Gasteiger partial charge in [0.25, 0.3) is 12.6 Å². The van der Waals surface area contributed by atoms with Gasteiger partial charge in [-0.05, 0) is 12.1 Å². The quantitative estimate of drug-likeness (QED) is 0.661. The van der Waals surface area contributed by atoms with Crippen LogP contribution in [0.25, 0.3) is 0 Å². The van der Waals surface area contributed by atoms with Crippen molar-refractivity contribution in [3.63, 3.8) is 0 Å². The highest BCUT2D eigenvalue weighted by Crippen LogP contribution is 2.38. The predicted molar refractivity (Wildman–Crippen MR) is 83.5 cm³/mol. The van der Waals surface area contributed by atoms with E-state index in [0.29, 0.717) is 0 Å². The Kier molecular flexibility index (Phi) is 6.38. The number of ether oxygens (including phenoxy) is 1. The predicted octanol–water partition coefficient (Wildman–Crippen LogP) is 4.41. The number of aryl methyl sites for hydroxylation is 1. The minimum atomic E-state index is -5.88. The van der Waals surface area contributed by atoms with Gasteiger partial charge in [0.2, 0.25) is 5.91 Å². The molecule has 0 spiro atoms. The molecule has 0 radical (unpaired) electrons. The van der Waals surface area contributed by atoms with Gasteiger partial charge in [-0.2, -0.15) is 27.1 Å². The van der Waals surface area contributed by atoms with Crippen LogP contribution in [0, 0.1) is 0 Å². The van der Waals surface area contributed by atoms with E-state index in [4.69, 9.17) is 0 Å². The second kappa shape index (κ2) is 8.25. The minimum Gasteiger partial charge on any atom is -0.428 e. The van der Waals surface area contributed by atoms with Gasteiger partial charge >= 0.3 is 12.3 Å². The van der Waals surface area contributed by atoms with E-state index in [1.807, 2.05) is 0 Å². The Labute approximate surface area is 158 Å². The molecule has 0 bridgehead atoms. The molecule has 1 atom stereocenters. The highest BCUT2D eigenvalue weighted by atomic mass is 19.4. The van der Waals surface area contributed by atoms with Crippen molar-refractivity contribution in [1.29, 1.82) is 0 Å². The van der Waals surface area contributed by atoms with Gasteiger partial charge in [0.1, 0.15) is 11.4 Å². The zero-order valence-corrected chi connectivity index (χ0v) is 14.5. The first-order chi connectivity index (χ1) is 13.3. The van der Waals surface area contributed by atoms with Crippen molar-refractivity contribution in [2.75, 3.05) is 5.32 Å². The van der Waals surface area contributed by atoms with Gasteiger partial charge in [0, 0.05) is 18.8 Å². The Bertz CT molecular complexity index is 866. The average molecular weight is 431 g/mol. The fraction of sp³-hybridized carbons (Fsp3) is 0.375. The summed E-state index contributed by atoms with van der Waals surface area (Å²) in [4.78, 5) is 12.1. The van der Waals surface area contributed by atoms with E-state index < -0.39 is 54.3 Å². The maximum atomic E-state index is 13.5. The molecule has 0 saturated carbocycles. The summed E-state index contributed by atoms with van der Waals surface area (Å²) in [6.45, 7) is 0. The fourth-order valence-electron chi connectivity index (χ4n) is 2.29. The molecule has 160 valence electrons. The Morgan fingerprint density at radius 1 is 1.17 bits per heavy atom. The number of alkyl halides is 8. The van der Waals surface area contributed by atoms with Gasteiger partial charge in [0.15, 0.2) is 0 Å². The molecule has 0 aliphatic rings. The van der Waals surface area contributed by atoms with Crippen LogP contribution in [0.4, 0.5) is 40.8 Å². The third-order valence-electron chi connectivity index (χ3n) is 3.48. The summed E-state index contributed by atoms with van der Waals surface area (Å²) in [5, 5.41) is 5.55. The van der Waals surface area contributed by atoms with E-state index in [1.54, 1.807) is 0 Å². The lowest BCUT2D eigenvalue weighted by atomic mass is 10.1. The van der Waals surface area contributed by atoms with Crippen molar-refractivity contribution < 1.29 is 44.7 Å². The molecule has 5 nitrogen and oxygen atoms in total. The number of carbonyl (C=O) groups is 1. The van der Waals surface area contributed by atoms with Gasteiger partial charge in [-0.3, -0.25) is 9.48 Å². The number of benzene rings is 1. The number of aromatic nitrogens is 2. The number of nitrogens with one attached hydrogen (secondary N) is 1. The first kappa shape index (κ1) is 22.4. The summed E-state index contributed by atoms with van der Waals surface area (Å²) in [7, 11) is 1.34. The normalized spacial score (nSPS) is 13.4. The van der Waals surface area contributed by atoms with Crippen molar-refractivity contribution in [3.8, 4) is 5.75 Å². The Morgan fingerprint density at radius 3 is 2.38 bits per heavy atom. The molecule has 0 aliphatic heterocycles. The highest BCUT2D eigenvalue weighted by molar-refractivity contribution is 5.93. The lowest BCUT2D eigenvalue weighted by Crippen LogP contribution is -2.45. The Balaban J connectivity index is 2.18. The van der Waals surface area contributed by atoms with Crippen molar-refractivity contribution in [3.05, 3.63) is 41.7 Å². The number of anilines is 1. The number of hydrogen-bond donors (Lipinski definition) is 1. The van der Waals surface area contributed by atoms with E-state index in [0.717, 1.165) is 29.1 Å². The van der Waals surface area contributed by atoms with Crippen LogP contribution in [0.1, 0.15) is 17.7 Å². The van der Waals surface area contributed by atoms with Crippen LogP contribution in [0.5, 0.6) is 5.75 Å². The topological polar surface area (TPSA) is 56.2 Å². The molecule has 1 unspecified atom stereocenters. The van der Waals surface area contributed by atoms with Crippen molar-refractivity contribution in [2.24, 2.45) is 7.05 Å². The molecule has 1 aromatic carbocycles. The average Bonchev–Trinajstić information content (AvgIpc) is 2.95. The first-order valence-corrected chi connectivity index (χ1v) is 7.78. The van der Waals surface area contributed by atoms with Crippen molar-refractivity contribution >= 4 is 11.6 Å². The maximum Gasteiger partial charge on any atom is 0.439 e. The molecule has 13 heteroatoms. The van der Waals surface area contributed by atoms with Crippen LogP contribution in [0.15, 0.2) is 30.5 Å². The largest absolute Gasteiger partial charge is 0.439 e. The molecule has 0 saturated heterocycles. The third kappa shape index (κ3) is 5.57. The molecule has 1 aromatic heterocycles. The van der Waals surface area contributed by atoms with Crippen LogP contribution in [0.3, 0.4) is 0 Å². The Morgan fingerprint density at radius 2 is 1.79 bits per heavy atom. The summed E-state index contributed by atoms with van der Waals surface area (Å²) in [6.07, 6.45) is -18.2. The van der Waals surface area contributed by atoms with Crippen LogP contribution < -0.4 is 10.1 Å². The van der Waals surface area contributed by atoms with E-state index >= 15 is 0 Å². The molecule has 1 amide bonds. The second-order valence-electron chi connectivity index (χ2n) is 5.80. The summed E-state index contributed by atoms with van der Waals surface area (Å²) in [6, 6.07) is 4.10. The minimum absolute atomic E-state index is 0.148. The molecule has 1 N–H and O–H groups in total. The number of para-hydroxylation sites is 2. The van der Waals surface area contributed by atoms with E-state index in [-0.39, 0.29) is 5.56 Å². The summed E-state index contributed by atoms with van der Waals surface area (Å²) in [5.74, 6) is -1.91. The van der Waals surface area contributed by atoms with Gasteiger partial charge in [0.05, 0.1) is 12.1 Å². The molecule has 29 heavy (non-hydrogen) atoms. The monoisotopic (exact) mass is 431 g/mol. The second-order valence-corrected chi connectivity index (χ2v) is 5.80. The maximum absolute atomic E-state index is 13.5. The van der Waals surface area contributed by atoms with Crippen LogP contribution in [-0.2, 0) is 18.3 Å². The molecule has 1 heterocycles. The zero-order valence-electron chi connectivity index (χ0n) is 14.5. The summed E-state index contributed by atoms with van der Waals surface area (Å²) in [5.41, 5.74) is -1.32.